The number of nitrogens with one attached hydrogen (secondary N) is 1. The molecule has 1 aromatic heterocycles. The lowest BCUT2D eigenvalue weighted by Crippen LogP contribution is -2.33. The van der Waals surface area contributed by atoms with Gasteiger partial charge in [-0.2, -0.15) is 23.5 Å². The summed E-state index contributed by atoms with van der Waals surface area (Å²) in [6, 6.07) is 0. The van der Waals surface area contributed by atoms with Crippen molar-refractivity contribution in [3.05, 3.63) is 16.6 Å². The van der Waals surface area contributed by atoms with Crippen LogP contribution in [0.25, 0.3) is 0 Å². The lowest BCUT2D eigenvalue weighted by molar-refractivity contribution is 0.0950. The van der Waals surface area contributed by atoms with Crippen LogP contribution in [0.1, 0.15) is 10.5 Å². The molecule has 2 heterocycles. The summed E-state index contributed by atoms with van der Waals surface area (Å²) in [5.74, 6) is 3.53. The SMILES string of the molecule is O=C(NCC1CSCCS1)c1cscn1. The van der Waals surface area contributed by atoms with E-state index in [0.717, 1.165) is 12.3 Å². The van der Waals surface area contributed by atoms with Crippen LogP contribution in [-0.4, -0.2) is 39.9 Å². The Balaban J connectivity index is 1.75. The number of hydrogen-bond acceptors (Lipinski definition) is 5. The summed E-state index contributed by atoms with van der Waals surface area (Å²) in [6.07, 6.45) is 0. The van der Waals surface area contributed by atoms with E-state index in [9.17, 15) is 4.79 Å². The number of carbonyl (C=O) groups excluding carboxylic acids is 1. The molecule has 1 saturated heterocycles. The summed E-state index contributed by atoms with van der Waals surface area (Å²) in [4.78, 5) is 15.5. The second kappa shape index (κ2) is 5.77. The molecule has 1 fully saturated rings. The maximum atomic E-state index is 11.6. The monoisotopic (exact) mass is 260 g/mol. The fraction of sp³-hybridized carbons (Fsp3) is 0.556. The molecule has 0 saturated carbocycles. The molecule has 1 unspecified atom stereocenters. The molecular formula is C9H12N2OS3. The van der Waals surface area contributed by atoms with Gasteiger partial charge in [-0.15, -0.1) is 11.3 Å². The Morgan fingerprint density at radius 2 is 2.53 bits per heavy atom. The maximum Gasteiger partial charge on any atom is 0.270 e. The van der Waals surface area contributed by atoms with E-state index in [-0.39, 0.29) is 5.91 Å². The first-order valence-electron chi connectivity index (χ1n) is 4.72. The minimum atomic E-state index is -0.0487. The summed E-state index contributed by atoms with van der Waals surface area (Å²) in [5.41, 5.74) is 2.22. The first kappa shape index (κ1) is 11.3. The summed E-state index contributed by atoms with van der Waals surface area (Å²) < 4.78 is 0. The van der Waals surface area contributed by atoms with Gasteiger partial charge in [0.05, 0.1) is 5.51 Å². The van der Waals surface area contributed by atoms with Gasteiger partial charge in [-0.1, -0.05) is 0 Å². The van der Waals surface area contributed by atoms with E-state index in [0.29, 0.717) is 10.9 Å². The highest BCUT2D eigenvalue weighted by Gasteiger charge is 2.16. The fourth-order valence-electron chi connectivity index (χ4n) is 1.28. The fourth-order valence-corrected chi connectivity index (χ4v) is 4.42. The van der Waals surface area contributed by atoms with E-state index in [1.807, 2.05) is 23.5 Å². The summed E-state index contributed by atoms with van der Waals surface area (Å²) in [7, 11) is 0. The average Bonchev–Trinajstić information content (AvgIpc) is 2.81. The van der Waals surface area contributed by atoms with Crippen molar-refractivity contribution in [2.45, 2.75) is 5.25 Å². The number of nitrogens with zero attached hydrogens (tertiary/aromatic N) is 1. The molecule has 82 valence electrons. The Hall–Kier alpha value is -0.200. The quantitative estimate of drug-likeness (QED) is 0.898. The number of rotatable bonds is 3. The van der Waals surface area contributed by atoms with Gasteiger partial charge in [0.2, 0.25) is 0 Å². The Morgan fingerprint density at radius 3 is 3.20 bits per heavy atom. The Bertz CT molecular complexity index is 309. The highest BCUT2D eigenvalue weighted by atomic mass is 32.2. The van der Waals surface area contributed by atoms with Crippen LogP contribution in [0.15, 0.2) is 10.9 Å². The van der Waals surface area contributed by atoms with E-state index >= 15 is 0 Å². The smallest absolute Gasteiger partial charge is 0.270 e. The molecule has 0 aromatic carbocycles. The molecule has 6 heteroatoms. The molecule has 0 radical (unpaired) electrons. The third-order valence-corrected chi connectivity index (χ3v) is 5.47. The van der Waals surface area contributed by atoms with E-state index in [1.165, 1.54) is 22.8 Å². The van der Waals surface area contributed by atoms with E-state index in [1.54, 1.807) is 10.9 Å². The first-order chi connectivity index (χ1) is 7.36. The molecule has 1 N–H and O–H groups in total. The molecule has 15 heavy (non-hydrogen) atoms. The van der Waals surface area contributed by atoms with Crippen molar-refractivity contribution in [1.82, 2.24) is 10.3 Å². The zero-order chi connectivity index (χ0) is 10.5. The second-order valence-corrected chi connectivity index (χ2v) is 6.43. The van der Waals surface area contributed by atoms with Gasteiger partial charge in [-0.25, -0.2) is 4.98 Å². The molecular weight excluding hydrogens is 248 g/mol. The predicted octanol–water partition coefficient (Wildman–Crippen LogP) is 1.72. The standard InChI is InChI=1S/C9H12N2OS3/c12-9(8-5-14-6-11-8)10-3-7-4-13-1-2-15-7/h5-7H,1-4H2,(H,10,12). The molecule has 0 spiro atoms. The molecule has 1 amide bonds. The van der Waals surface area contributed by atoms with Crippen molar-refractivity contribution < 1.29 is 4.79 Å². The van der Waals surface area contributed by atoms with Gasteiger partial charge < -0.3 is 5.32 Å². The number of amides is 1. The molecule has 2 rings (SSSR count). The van der Waals surface area contributed by atoms with Crippen LogP contribution in [0.2, 0.25) is 0 Å². The first-order valence-corrected chi connectivity index (χ1v) is 7.86. The number of hydrogen-bond donors (Lipinski definition) is 1. The van der Waals surface area contributed by atoms with Gasteiger partial charge in [-0.3, -0.25) is 4.79 Å². The molecule has 3 nitrogen and oxygen atoms in total. The van der Waals surface area contributed by atoms with Crippen molar-refractivity contribution in [2.75, 3.05) is 23.8 Å². The molecule has 1 aliphatic rings. The lowest BCUT2D eigenvalue weighted by Gasteiger charge is -2.20. The Morgan fingerprint density at radius 1 is 1.60 bits per heavy atom. The van der Waals surface area contributed by atoms with Crippen LogP contribution >= 0.6 is 34.9 Å². The number of carbonyl (C=O) groups is 1. The number of aromatic nitrogens is 1. The Labute approximate surface area is 101 Å². The van der Waals surface area contributed by atoms with Crippen molar-refractivity contribution in [3.8, 4) is 0 Å². The maximum absolute atomic E-state index is 11.6. The van der Waals surface area contributed by atoms with Crippen molar-refractivity contribution >= 4 is 40.8 Å². The second-order valence-electron chi connectivity index (χ2n) is 3.15. The molecule has 0 bridgehead atoms. The molecule has 1 aliphatic heterocycles. The van der Waals surface area contributed by atoms with Gasteiger partial charge in [0.25, 0.3) is 5.91 Å². The minimum absolute atomic E-state index is 0.0487. The van der Waals surface area contributed by atoms with Gasteiger partial charge in [0.1, 0.15) is 5.69 Å². The van der Waals surface area contributed by atoms with Crippen LogP contribution in [0.4, 0.5) is 0 Å². The highest BCUT2D eigenvalue weighted by molar-refractivity contribution is 8.06. The zero-order valence-corrected chi connectivity index (χ0v) is 10.6. The summed E-state index contributed by atoms with van der Waals surface area (Å²) >= 11 is 5.36. The van der Waals surface area contributed by atoms with Crippen LogP contribution in [0.3, 0.4) is 0 Å². The van der Waals surface area contributed by atoms with Crippen LogP contribution in [-0.2, 0) is 0 Å². The van der Waals surface area contributed by atoms with E-state index in [4.69, 9.17) is 0 Å². The predicted molar refractivity (Wildman–Crippen MR) is 68.0 cm³/mol. The largest absolute Gasteiger partial charge is 0.350 e. The summed E-state index contributed by atoms with van der Waals surface area (Å²) in [6.45, 7) is 0.758. The van der Waals surface area contributed by atoms with Gasteiger partial charge >= 0.3 is 0 Å². The molecule has 0 aliphatic carbocycles. The van der Waals surface area contributed by atoms with E-state index in [2.05, 4.69) is 10.3 Å². The van der Waals surface area contributed by atoms with Crippen LogP contribution in [0.5, 0.6) is 0 Å². The minimum Gasteiger partial charge on any atom is -0.350 e. The average molecular weight is 260 g/mol. The topological polar surface area (TPSA) is 42.0 Å². The van der Waals surface area contributed by atoms with E-state index < -0.39 is 0 Å². The Kier molecular flexibility index (Phi) is 4.34. The lowest BCUT2D eigenvalue weighted by atomic mass is 10.4. The van der Waals surface area contributed by atoms with Crippen LogP contribution < -0.4 is 5.32 Å². The van der Waals surface area contributed by atoms with Crippen molar-refractivity contribution in [2.24, 2.45) is 0 Å². The molecule has 1 atom stereocenters. The van der Waals surface area contributed by atoms with Crippen LogP contribution in [0, 0.1) is 0 Å². The normalized spacial score (nSPS) is 21.2. The van der Waals surface area contributed by atoms with Crippen molar-refractivity contribution in [1.29, 1.82) is 0 Å². The number of thiazole rings is 1. The highest BCUT2D eigenvalue weighted by Crippen LogP contribution is 2.23. The van der Waals surface area contributed by atoms with Gasteiger partial charge in [0, 0.05) is 34.4 Å². The third-order valence-electron chi connectivity index (χ3n) is 2.04. The van der Waals surface area contributed by atoms with Gasteiger partial charge in [0.15, 0.2) is 0 Å². The van der Waals surface area contributed by atoms with Gasteiger partial charge in [-0.05, 0) is 0 Å². The zero-order valence-electron chi connectivity index (χ0n) is 8.14. The third kappa shape index (κ3) is 3.39. The number of thioether (sulfide) groups is 2. The summed E-state index contributed by atoms with van der Waals surface area (Å²) in [5, 5.41) is 5.26. The van der Waals surface area contributed by atoms with Crippen molar-refractivity contribution in [3.63, 3.8) is 0 Å². The molecule has 1 aromatic rings.